The average molecular weight is 359 g/mol. The topological polar surface area (TPSA) is 65.2 Å². The maximum atomic E-state index is 12.7. The largest absolute Gasteiger partial charge is 0.377 e. The van der Waals surface area contributed by atoms with Gasteiger partial charge in [-0.25, -0.2) is 4.98 Å². The normalized spacial score (nSPS) is 15.6. The highest BCUT2D eigenvalue weighted by Crippen LogP contribution is 2.23. The van der Waals surface area contributed by atoms with Gasteiger partial charge in [0.1, 0.15) is 18.1 Å². The molecule has 142 valence electrons. The number of piperidine rings is 1. The first-order chi connectivity index (χ1) is 12.5. The summed E-state index contributed by atoms with van der Waals surface area (Å²) in [5, 5.41) is 4.28. The van der Waals surface area contributed by atoms with Crippen molar-refractivity contribution in [2.24, 2.45) is 13.0 Å². The van der Waals surface area contributed by atoms with Crippen LogP contribution in [-0.2, 0) is 24.9 Å². The number of rotatable bonds is 6. The molecular formula is C19H29N5O2. The first-order valence-electron chi connectivity index (χ1n) is 9.29. The van der Waals surface area contributed by atoms with E-state index in [0.29, 0.717) is 18.2 Å². The van der Waals surface area contributed by atoms with Gasteiger partial charge in [-0.3, -0.25) is 9.48 Å². The molecule has 0 saturated carbocycles. The molecule has 3 heterocycles. The summed E-state index contributed by atoms with van der Waals surface area (Å²) in [4.78, 5) is 19.1. The van der Waals surface area contributed by atoms with Gasteiger partial charge in [0.05, 0.1) is 5.69 Å². The fourth-order valence-corrected chi connectivity index (χ4v) is 3.77. The van der Waals surface area contributed by atoms with E-state index in [1.807, 2.05) is 31.1 Å². The molecule has 1 aliphatic rings. The minimum atomic E-state index is 0.0967. The summed E-state index contributed by atoms with van der Waals surface area (Å²) in [6, 6.07) is 1.87. The molecular weight excluding hydrogens is 330 g/mol. The second-order valence-electron chi connectivity index (χ2n) is 7.22. The molecule has 3 rings (SSSR count). The summed E-state index contributed by atoms with van der Waals surface area (Å²) in [6.07, 6.45) is 5.12. The fraction of sp³-hybridized carbons (Fsp3) is 0.632. The quantitative estimate of drug-likeness (QED) is 0.794. The summed E-state index contributed by atoms with van der Waals surface area (Å²) < 4.78 is 9.17. The van der Waals surface area contributed by atoms with E-state index < -0.39 is 0 Å². The molecule has 0 aliphatic carbocycles. The van der Waals surface area contributed by atoms with Crippen molar-refractivity contribution in [2.75, 3.05) is 20.2 Å². The summed E-state index contributed by atoms with van der Waals surface area (Å²) in [6.45, 7) is 7.15. The van der Waals surface area contributed by atoms with E-state index in [1.165, 1.54) is 5.69 Å². The minimum Gasteiger partial charge on any atom is -0.377 e. The van der Waals surface area contributed by atoms with Gasteiger partial charge in [0.25, 0.3) is 5.91 Å². The number of hydrogen-bond acceptors (Lipinski definition) is 4. The van der Waals surface area contributed by atoms with Gasteiger partial charge in [0.2, 0.25) is 0 Å². The van der Waals surface area contributed by atoms with Gasteiger partial charge in [0, 0.05) is 45.7 Å². The van der Waals surface area contributed by atoms with Gasteiger partial charge in [-0.15, -0.1) is 0 Å². The van der Waals surface area contributed by atoms with Crippen LogP contribution in [0.3, 0.4) is 0 Å². The van der Waals surface area contributed by atoms with Gasteiger partial charge in [-0.05, 0) is 45.1 Å². The van der Waals surface area contributed by atoms with Crippen molar-refractivity contribution in [3.05, 3.63) is 35.2 Å². The van der Waals surface area contributed by atoms with E-state index in [1.54, 1.807) is 11.8 Å². The highest BCUT2D eigenvalue weighted by Gasteiger charge is 2.25. The van der Waals surface area contributed by atoms with E-state index in [2.05, 4.69) is 21.6 Å². The molecule has 1 amide bonds. The van der Waals surface area contributed by atoms with Crippen molar-refractivity contribution in [1.29, 1.82) is 0 Å². The number of carbonyl (C=O) groups excluding carboxylic acids is 1. The number of carbonyl (C=O) groups is 1. The first kappa shape index (κ1) is 18.6. The fourth-order valence-electron chi connectivity index (χ4n) is 3.77. The Morgan fingerprint density at radius 3 is 2.65 bits per heavy atom. The molecule has 0 aromatic carbocycles. The van der Waals surface area contributed by atoms with Crippen molar-refractivity contribution in [3.8, 4) is 0 Å². The molecule has 1 saturated heterocycles. The molecule has 1 aliphatic heterocycles. The zero-order valence-electron chi connectivity index (χ0n) is 16.2. The van der Waals surface area contributed by atoms with Crippen molar-refractivity contribution in [2.45, 2.75) is 46.3 Å². The van der Waals surface area contributed by atoms with Gasteiger partial charge in [-0.2, -0.15) is 5.10 Å². The molecule has 26 heavy (non-hydrogen) atoms. The zero-order chi connectivity index (χ0) is 18.7. The highest BCUT2D eigenvalue weighted by atomic mass is 16.5. The molecule has 7 heteroatoms. The van der Waals surface area contributed by atoms with Gasteiger partial charge in [0.15, 0.2) is 0 Å². The Kier molecular flexibility index (Phi) is 5.76. The maximum Gasteiger partial charge on any atom is 0.272 e. The van der Waals surface area contributed by atoms with Crippen molar-refractivity contribution < 1.29 is 9.53 Å². The SMILES string of the molecule is COCc1ncc(C)n1CCC1CCN(C(=O)c2cc(C)nn2C)CC1. The Labute approximate surface area is 155 Å². The Bertz CT molecular complexity index is 756. The lowest BCUT2D eigenvalue weighted by Crippen LogP contribution is -2.39. The third-order valence-corrected chi connectivity index (χ3v) is 5.29. The monoisotopic (exact) mass is 359 g/mol. The molecule has 0 unspecified atom stereocenters. The lowest BCUT2D eigenvalue weighted by Gasteiger charge is -2.32. The number of imidazole rings is 1. The Hall–Kier alpha value is -2.15. The van der Waals surface area contributed by atoms with Crippen LogP contribution in [0.1, 0.15) is 47.0 Å². The van der Waals surface area contributed by atoms with E-state index in [4.69, 9.17) is 4.74 Å². The van der Waals surface area contributed by atoms with Crippen LogP contribution in [0.5, 0.6) is 0 Å². The van der Waals surface area contributed by atoms with Crippen LogP contribution in [0.4, 0.5) is 0 Å². The smallest absolute Gasteiger partial charge is 0.272 e. The molecule has 1 fully saturated rings. The van der Waals surface area contributed by atoms with Crippen LogP contribution in [0.15, 0.2) is 12.3 Å². The van der Waals surface area contributed by atoms with Crippen LogP contribution in [0, 0.1) is 19.8 Å². The standard InChI is InChI=1S/C19H29N5O2/c1-14-11-17(22(3)21-14)19(25)23-8-5-16(6-9-23)7-10-24-15(2)12-20-18(24)13-26-4/h11-12,16H,5-10,13H2,1-4H3. The van der Waals surface area contributed by atoms with Crippen molar-refractivity contribution >= 4 is 5.91 Å². The Morgan fingerprint density at radius 2 is 2.04 bits per heavy atom. The number of ether oxygens (including phenoxy) is 1. The van der Waals surface area contributed by atoms with Crippen LogP contribution >= 0.6 is 0 Å². The number of amides is 1. The summed E-state index contributed by atoms with van der Waals surface area (Å²) in [5.74, 6) is 1.73. The van der Waals surface area contributed by atoms with Crippen molar-refractivity contribution in [1.82, 2.24) is 24.2 Å². The molecule has 0 N–H and O–H groups in total. The third kappa shape index (κ3) is 3.98. The Morgan fingerprint density at radius 1 is 1.31 bits per heavy atom. The average Bonchev–Trinajstić information content (AvgIpc) is 3.15. The van der Waals surface area contributed by atoms with E-state index in [-0.39, 0.29) is 5.91 Å². The second-order valence-corrected chi connectivity index (χ2v) is 7.22. The number of nitrogens with zero attached hydrogens (tertiary/aromatic N) is 5. The number of likely N-dealkylation sites (tertiary alicyclic amines) is 1. The molecule has 0 atom stereocenters. The lowest BCUT2D eigenvalue weighted by atomic mass is 9.93. The summed E-state index contributed by atoms with van der Waals surface area (Å²) in [5.41, 5.74) is 2.74. The van der Waals surface area contributed by atoms with Gasteiger partial charge >= 0.3 is 0 Å². The summed E-state index contributed by atoms with van der Waals surface area (Å²) in [7, 11) is 3.53. The predicted molar refractivity (Wildman–Crippen MR) is 98.9 cm³/mol. The summed E-state index contributed by atoms with van der Waals surface area (Å²) >= 11 is 0. The van der Waals surface area contributed by atoms with Gasteiger partial charge in [-0.1, -0.05) is 0 Å². The molecule has 2 aromatic rings. The van der Waals surface area contributed by atoms with E-state index in [9.17, 15) is 4.79 Å². The molecule has 0 bridgehead atoms. The number of aryl methyl sites for hydroxylation is 3. The van der Waals surface area contributed by atoms with Crippen LogP contribution < -0.4 is 0 Å². The third-order valence-electron chi connectivity index (χ3n) is 5.29. The zero-order valence-corrected chi connectivity index (χ0v) is 16.2. The van der Waals surface area contributed by atoms with Crippen LogP contribution in [0.2, 0.25) is 0 Å². The minimum absolute atomic E-state index is 0.0967. The number of hydrogen-bond donors (Lipinski definition) is 0. The molecule has 7 nitrogen and oxygen atoms in total. The van der Waals surface area contributed by atoms with Crippen LogP contribution in [0.25, 0.3) is 0 Å². The lowest BCUT2D eigenvalue weighted by molar-refractivity contribution is 0.0673. The van der Waals surface area contributed by atoms with E-state index in [0.717, 1.165) is 50.4 Å². The predicted octanol–water partition coefficient (Wildman–Crippen LogP) is 2.32. The van der Waals surface area contributed by atoms with Gasteiger partial charge < -0.3 is 14.2 Å². The second kappa shape index (κ2) is 8.03. The van der Waals surface area contributed by atoms with E-state index >= 15 is 0 Å². The highest BCUT2D eigenvalue weighted by molar-refractivity contribution is 5.92. The van der Waals surface area contributed by atoms with Crippen LogP contribution in [-0.4, -0.2) is 50.3 Å². The van der Waals surface area contributed by atoms with Crippen molar-refractivity contribution in [3.63, 3.8) is 0 Å². The number of methoxy groups -OCH3 is 1. The number of aromatic nitrogens is 4. The maximum absolute atomic E-state index is 12.7. The first-order valence-corrected chi connectivity index (χ1v) is 9.29. The molecule has 0 radical (unpaired) electrons. The molecule has 0 spiro atoms. The molecule has 2 aromatic heterocycles. The Balaban J connectivity index is 1.52.